The van der Waals surface area contributed by atoms with Gasteiger partial charge in [-0.25, -0.2) is 4.79 Å². The van der Waals surface area contributed by atoms with Gasteiger partial charge in [-0.15, -0.1) is 0 Å². The van der Waals surface area contributed by atoms with Gasteiger partial charge in [-0.3, -0.25) is 0 Å². The summed E-state index contributed by atoms with van der Waals surface area (Å²) in [6, 6.07) is 7.59. The molecule has 6 heteroatoms. The van der Waals surface area contributed by atoms with E-state index in [9.17, 15) is 4.79 Å². The van der Waals surface area contributed by atoms with Crippen LogP contribution in [0.5, 0.6) is 5.75 Å². The number of halogens is 2. The van der Waals surface area contributed by atoms with Gasteiger partial charge in [0, 0.05) is 5.33 Å². The van der Waals surface area contributed by atoms with E-state index in [0.29, 0.717) is 17.0 Å². The van der Waals surface area contributed by atoms with Gasteiger partial charge in [0.05, 0.1) is 10.2 Å². The molecule has 0 aliphatic carbocycles. The molecule has 0 aliphatic rings. The number of ether oxygens (including phenoxy) is 1. The molecule has 0 spiro atoms. The largest absolute Gasteiger partial charge is 0.413 e. The Balaban J connectivity index is 2.54. The number of benzene rings is 1. The van der Waals surface area contributed by atoms with Gasteiger partial charge >= 0.3 is 6.09 Å². The SMILES string of the molecule is CCC(C)c1ccc(OC(=O)NC(S)C(Br)CBr)cc1. The Labute approximate surface area is 142 Å². The smallest absolute Gasteiger partial charge is 0.410 e. The van der Waals surface area contributed by atoms with Gasteiger partial charge in [0.2, 0.25) is 0 Å². The van der Waals surface area contributed by atoms with E-state index in [1.54, 1.807) is 0 Å². The molecular formula is C14H19Br2NO2S. The Bertz CT molecular complexity index is 428. The van der Waals surface area contributed by atoms with Gasteiger partial charge in [0.1, 0.15) is 5.75 Å². The second-order valence-corrected chi connectivity index (χ2v) is 6.91. The highest BCUT2D eigenvalue weighted by atomic mass is 79.9. The fourth-order valence-electron chi connectivity index (χ4n) is 1.53. The Morgan fingerprint density at radius 1 is 1.40 bits per heavy atom. The number of carbonyl (C=O) groups is 1. The van der Waals surface area contributed by atoms with Gasteiger partial charge in [-0.2, -0.15) is 12.6 Å². The van der Waals surface area contributed by atoms with Gasteiger partial charge in [-0.05, 0) is 30.0 Å². The number of rotatable bonds is 6. The third kappa shape index (κ3) is 5.66. The number of nitrogens with one attached hydrogen (secondary N) is 1. The lowest BCUT2D eigenvalue weighted by Crippen LogP contribution is -2.39. The summed E-state index contributed by atoms with van der Waals surface area (Å²) in [7, 11) is 0. The molecule has 1 aromatic rings. The average Bonchev–Trinajstić information content (AvgIpc) is 2.46. The van der Waals surface area contributed by atoms with Gasteiger partial charge < -0.3 is 10.1 Å². The van der Waals surface area contributed by atoms with Crippen molar-refractivity contribution in [2.24, 2.45) is 0 Å². The van der Waals surface area contributed by atoms with Crippen molar-refractivity contribution in [3.8, 4) is 5.75 Å². The Morgan fingerprint density at radius 2 is 2.00 bits per heavy atom. The maximum atomic E-state index is 11.7. The zero-order chi connectivity index (χ0) is 15.1. The molecule has 0 saturated heterocycles. The lowest BCUT2D eigenvalue weighted by molar-refractivity contribution is 0.199. The number of carbonyl (C=O) groups excluding carboxylic acids is 1. The third-order valence-electron chi connectivity index (χ3n) is 3.03. The zero-order valence-electron chi connectivity index (χ0n) is 11.5. The molecule has 1 rings (SSSR count). The highest BCUT2D eigenvalue weighted by Crippen LogP contribution is 2.21. The molecule has 3 nitrogen and oxygen atoms in total. The van der Waals surface area contributed by atoms with Gasteiger partial charge in [0.25, 0.3) is 0 Å². The molecule has 0 bridgehead atoms. The summed E-state index contributed by atoms with van der Waals surface area (Å²) in [5.41, 5.74) is 1.24. The van der Waals surface area contributed by atoms with E-state index >= 15 is 0 Å². The molecule has 3 unspecified atom stereocenters. The van der Waals surface area contributed by atoms with Crippen molar-refractivity contribution in [1.29, 1.82) is 0 Å². The fourth-order valence-corrected chi connectivity index (χ4v) is 2.54. The van der Waals surface area contributed by atoms with Crippen molar-refractivity contribution in [3.05, 3.63) is 29.8 Å². The van der Waals surface area contributed by atoms with Crippen LogP contribution in [0.15, 0.2) is 24.3 Å². The molecule has 0 heterocycles. The minimum Gasteiger partial charge on any atom is -0.410 e. The number of amides is 1. The predicted octanol–water partition coefficient (Wildman–Crippen LogP) is 4.70. The normalized spacial score (nSPS) is 15.2. The number of hydrogen-bond acceptors (Lipinski definition) is 3. The molecule has 20 heavy (non-hydrogen) atoms. The van der Waals surface area contributed by atoms with Crippen molar-refractivity contribution < 1.29 is 9.53 Å². The van der Waals surface area contributed by atoms with Crippen LogP contribution in [0.4, 0.5) is 4.79 Å². The van der Waals surface area contributed by atoms with Crippen molar-refractivity contribution in [3.63, 3.8) is 0 Å². The quantitative estimate of drug-likeness (QED) is 0.394. The summed E-state index contributed by atoms with van der Waals surface area (Å²) in [5.74, 6) is 1.04. The fraction of sp³-hybridized carbons (Fsp3) is 0.500. The monoisotopic (exact) mass is 423 g/mol. The lowest BCUT2D eigenvalue weighted by Gasteiger charge is -2.17. The third-order valence-corrected chi connectivity index (χ3v) is 6.34. The minimum absolute atomic E-state index is 0.0335. The molecule has 1 N–H and O–H groups in total. The number of hydrogen-bond donors (Lipinski definition) is 2. The highest BCUT2D eigenvalue weighted by molar-refractivity contribution is 9.12. The maximum Gasteiger partial charge on any atom is 0.413 e. The van der Waals surface area contributed by atoms with Crippen LogP contribution in [0.25, 0.3) is 0 Å². The summed E-state index contributed by atoms with van der Waals surface area (Å²) in [6.07, 6.45) is 0.577. The molecule has 3 atom stereocenters. The summed E-state index contributed by atoms with van der Waals surface area (Å²) < 4.78 is 5.21. The topological polar surface area (TPSA) is 38.3 Å². The average molecular weight is 425 g/mol. The lowest BCUT2D eigenvalue weighted by atomic mass is 9.99. The van der Waals surface area contributed by atoms with Crippen LogP contribution in [0.2, 0.25) is 0 Å². The van der Waals surface area contributed by atoms with Crippen molar-refractivity contribution in [1.82, 2.24) is 5.32 Å². The highest BCUT2D eigenvalue weighted by Gasteiger charge is 2.17. The van der Waals surface area contributed by atoms with Crippen LogP contribution in [0.1, 0.15) is 31.7 Å². The van der Waals surface area contributed by atoms with Crippen molar-refractivity contribution in [2.45, 2.75) is 36.4 Å². The molecule has 0 radical (unpaired) electrons. The zero-order valence-corrected chi connectivity index (χ0v) is 15.5. The van der Waals surface area contributed by atoms with Crippen molar-refractivity contribution in [2.75, 3.05) is 5.33 Å². The molecule has 0 aromatic heterocycles. The van der Waals surface area contributed by atoms with Crippen LogP contribution in [-0.4, -0.2) is 21.6 Å². The van der Waals surface area contributed by atoms with Crippen LogP contribution in [0.3, 0.4) is 0 Å². The summed E-state index contributed by atoms with van der Waals surface area (Å²) in [6.45, 7) is 4.32. The van der Waals surface area contributed by atoms with Crippen LogP contribution >= 0.6 is 44.5 Å². The van der Waals surface area contributed by atoms with E-state index in [4.69, 9.17) is 4.74 Å². The Morgan fingerprint density at radius 3 is 2.50 bits per heavy atom. The molecule has 0 saturated carbocycles. The molecular weight excluding hydrogens is 406 g/mol. The van der Waals surface area contributed by atoms with Gasteiger partial charge in [-0.1, -0.05) is 57.8 Å². The molecule has 0 fully saturated rings. The molecule has 1 amide bonds. The Hall–Kier alpha value is -0.200. The second-order valence-electron chi connectivity index (χ2n) is 4.53. The van der Waals surface area contributed by atoms with Crippen LogP contribution < -0.4 is 10.1 Å². The first kappa shape index (κ1) is 17.9. The van der Waals surface area contributed by atoms with Gasteiger partial charge in [0.15, 0.2) is 0 Å². The maximum absolute atomic E-state index is 11.7. The molecule has 0 aliphatic heterocycles. The summed E-state index contributed by atoms with van der Waals surface area (Å²) in [4.78, 5) is 11.7. The van der Waals surface area contributed by atoms with E-state index in [-0.39, 0.29) is 10.2 Å². The molecule has 112 valence electrons. The van der Waals surface area contributed by atoms with E-state index in [0.717, 1.165) is 6.42 Å². The van der Waals surface area contributed by atoms with Crippen LogP contribution in [-0.2, 0) is 0 Å². The summed E-state index contributed by atoms with van der Waals surface area (Å²) in [5, 5.41) is 3.02. The number of thiol groups is 1. The van der Waals surface area contributed by atoms with E-state index in [2.05, 4.69) is 63.7 Å². The first-order valence-corrected chi connectivity index (χ1v) is 8.99. The van der Waals surface area contributed by atoms with Crippen LogP contribution in [0, 0.1) is 0 Å². The number of alkyl halides is 2. The van der Waals surface area contributed by atoms with E-state index in [1.807, 2.05) is 24.3 Å². The molecule has 1 aromatic carbocycles. The first-order chi connectivity index (χ1) is 9.47. The standard InChI is InChI=1S/C14H19Br2NO2S/c1-3-9(2)10-4-6-11(7-5-10)19-14(18)17-13(20)12(16)8-15/h4-7,9,12-13,20H,3,8H2,1-2H3,(H,17,18). The van der Waals surface area contributed by atoms with E-state index in [1.165, 1.54) is 5.56 Å². The second kappa shape index (κ2) is 8.95. The minimum atomic E-state index is -0.508. The predicted molar refractivity (Wildman–Crippen MR) is 93.6 cm³/mol. The first-order valence-electron chi connectivity index (χ1n) is 6.44. The van der Waals surface area contributed by atoms with Crippen molar-refractivity contribution >= 4 is 50.6 Å². The summed E-state index contributed by atoms with van der Waals surface area (Å²) >= 11 is 11.0. The Kier molecular flexibility index (Phi) is 7.99. The van der Waals surface area contributed by atoms with E-state index < -0.39 is 6.09 Å².